The smallest absolute Gasteiger partial charge is 0.239 e. The summed E-state index contributed by atoms with van der Waals surface area (Å²) in [6, 6.07) is -0.00720. The number of nitrogens with zero attached hydrogens (tertiary/aromatic N) is 1. The lowest BCUT2D eigenvalue weighted by atomic mass is 9.80. The number of piperidine rings is 1. The predicted octanol–water partition coefficient (Wildman–Crippen LogP) is 2.80. The molecule has 3 atom stereocenters. The Kier molecular flexibility index (Phi) is 5.68. The van der Waals surface area contributed by atoms with Gasteiger partial charge in [0.15, 0.2) is 0 Å². The van der Waals surface area contributed by atoms with Crippen LogP contribution in [0.4, 0.5) is 0 Å². The van der Waals surface area contributed by atoms with Gasteiger partial charge in [-0.1, -0.05) is 26.2 Å². The Labute approximate surface area is 118 Å². The molecule has 0 spiro atoms. The van der Waals surface area contributed by atoms with Crippen LogP contribution in [0, 0.1) is 11.8 Å². The third kappa shape index (κ3) is 4.20. The monoisotopic (exact) mass is 266 g/mol. The van der Waals surface area contributed by atoms with Crippen LogP contribution in [0.1, 0.15) is 58.8 Å². The van der Waals surface area contributed by atoms with Crippen LogP contribution in [-0.4, -0.2) is 36.5 Å². The van der Waals surface area contributed by atoms with Gasteiger partial charge in [-0.05, 0) is 51.0 Å². The summed E-state index contributed by atoms with van der Waals surface area (Å²) in [7, 11) is 0. The zero-order valence-electron chi connectivity index (χ0n) is 12.7. The summed E-state index contributed by atoms with van der Waals surface area (Å²) in [5, 5.41) is 3.49. The maximum atomic E-state index is 12.3. The molecule has 1 heterocycles. The van der Waals surface area contributed by atoms with Gasteiger partial charge in [0.05, 0.1) is 6.04 Å². The van der Waals surface area contributed by atoms with Crippen molar-refractivity contribution < 1.29 is 4.79 Å². The molecule has 2 aliphatic rings. The van der Waals surface area contributed by atoms with Gasteiger partial charge in [-0.25, -0.2) is 0 Å². The maximum absolute atomic E-state index is 12.3. The third-order valence-electron chi connectivity index (χ3n) is 5.01. The van der Waals surface area contributed by atoms with Gasteiger partial charge in [0.1, 0.15) is 0 Å². The molecule has 19 heavy (non-hydrogen) atoms. The molecule has 1 saturated heterocycles. The first kappa shape index (κ1) is 14.8. The van der Waals surface area contributed by atoms with E-state index >= 15 is 0 Å². The molecule has 2 fully saturated rings. The summed E-state index contributed by atoms with van der Waals surface area (Å²) >= 11 is 0. The maximum Gasteiger partial charge on any atom is 0.239 e. The molecular formula is C16H30N2O. The summed E-state index contributed by atoms with van der Waals surface area (Å²) in [5.74, 6) is 1.90. The molecule has 0 radical (unpaired) electrons. The van der Waals surface area contributed by atoms with Gasteiger partial charge in [0.25, 0.3) is 0 Å². The van der Waals surface area contributed by atoms with Crippen molar-refractivity contribution in [2.24, 2.45) is 11.8 Å². The number of likely N-dealkylation sites (tertiary alicyclic amines) is 1. The first-order valence-corrected chi connectivity index (χ1v) is 8.20. The van der Waals surface area contributed by atoms with E-state index in [1.807, 2.05) is 11.8 Å². The minimum Gasteiger partial charge on any atom is -0.341 e. The number of hydrogen-bond donors (Lipinski definition) is 1. The number of carbonyl (C=O) groups is 1. The van der Waals surface area contributed by atoms with Gasteiger partial charge in [0, 0.05) is 13.1 Å². The van der Waals surface area contributed by atoms with Gasteiger partial charge >= 0.3 is 0 Å². The number of carbonyl (C=O) groups excluding carboxylic acids is 1. The molecular weight excluding hydrogens is 236 g/mol. The second-order valence-corrected chi connectivity index (χ2v) is 6.54. The molecule has 110 valence electrons. The molecule has 0 bridgehead atoms. The zero-order valence-corrected chi connectivity index (χ0v) is 12.7. The van der Waals surface area contributed by atoms with Gasteiger partial charge in [-0.3, -0.25) is 4.79 Å². The molecule has 0 aromatic carbocycles. The van der Waals surface area contributed by atoms with E-state index in [0.29, 0.717) is 5.91 Å². The summed E-state index contributed by atoms with van der Waals surface area (Å²) < 4.78 is 0. The SMILES string of the molecule is CC(NCC1CCCCC1C)C(=O)N1CCCCC1. The molecule has 1 saturated carbocycles. The Hall–Kier alpha value is -0.570. The fourth-order valence-electron chi connectivity index (χ4n) is 3.50. The Morgan fingerprint density at radius 3 is 2.53 bits per heavy atom. The van der Waals surface area contributed by atoms with Crippen molar-refractivity contribution in [1.82, 2.24) is 10.2 Å². The molecule has 1 N–H and O–H groups in total. The summed E-state index contributed by atoms with van der Waals surface area (Å²) in [5.41, 5.74) is 0. The van der Waals surface area contributed by atoms with E-state index in [2.05, 4.69) is 12.2 Å². The number of nitrogens with one attached hydrogen (secondary N) is 1. The van der Waals surface area contributed by atoms with Gasteiger partial charge < -0.3 is 10.2 Å². The van der Waals surface area contributed by atoms with E-state index in [1.165, 1.54) is 44.9 Å². The molecule has 3 unspecified atom stereocenters. The molecule has 3 heteroatoms. The first-order chi connectivity index (χ1) is 9.18. The van der Waals surface area contributed by atoms with Gasteiger partial charge in [-0.15, -0.1) is 0 Å². The molecule has 1 aliphatic carbocycles. The van der Waals surface area contributed by atoms with Crippen molar-refractivity contribution in [1.29, 1.82) is 0 Å². The summed E-state index contributed by atoms with van der Waals surface area (Å²) in [6.45, 7) is 7.34. The zero-order chi connectivity index (χ0) is 13.7. The summed E-state index contributed by atoms with van der Waals surface area (Å²) in [4.78, 5) is 14.4. The van der Waals surface area contributed by atoms with Crippen molar-refractivity contribution in [3.63, 3.8) is 0 Å². The lowest BCUT2D eigenvalue weighted by molar-refractivity contribution is -0.134. The summed E-state index contributed by atoms with van der Waals surface area (Å²) in [6.07, 6.45) is 9.09. The Balaban J connectivity index is 1.73. The standard InChI is InChI=1S/C16H30N2O/c1-13-8-4-5-9-15(13)12-17-14(2)16(19)18-10-6-3-7-11-18/h13-15,17H,3-12H2,1-2H3. The van der Waals surface area contributed by atoms with E-state index < -0.39 is 0 Å². The molecule has 2 rings (SSSR count). The highest BCUT2D eigenvalue weighted by atomic mass is 16.2. The van der Waals surface area contributed by atoms with Crippen LogP contribution >= 0.6 is 0 Å². The van der Waals surface area contributed by atoms with Gasteiger partial charge in [0.2, 0.25) is 5.91 Å². The van der Waals surface area contributed by atoms with Crippen LogP contribution in [0.2, 0.25) is 0 Å². The molecule has 3 nitrogen and oxygen atoms in total. The average molecular weight is 266 g/mol. The van der Waals surface area contributed by atoms with E-state index in [9.17, 15) is 4.79 Å². The molecule has 1 aliphatic heterocycles. The second kappa shape index (κ2) is 7.28. The van der Waals surface area contributed by atoms with Gasteiger partial charge in [-0.2, -0.15) is 0 Å². The topological polar surface area (TPSA) is 32.3 Å². The molecule has 0 aromatic heterocycles. The average Bonchev–Trinajstić information content (AvgIpc) is 2.46. The lowest BCUT2D eigenvalue weighted by Gasteiger charge is -2.32. The quantitative estimate of drug-likeness (QED) is 0.848. The van der Waals surface area contributed by atoms with Crippen molar-refractivity contribution in [3.05, 3.63) is 0 Å². The van der Waals surface area contributed by atoms with Crippen LogP contribution in [0.15, 0.2) is 0 Å². The van der Waals surface area contributed by atoms with Crippen molar-refractivity contribution in [3.8, 4) is 0 Å². The minimum absolute atomic E-state index is 0.00720. The van der Waals surface area contributed by atoms with Crippen molar-refractivity contribution in [2.45, 2.75) is 64.8 Å². The number of hydrogen-bond acceptors (Lipinski definition) is 2. The second-order valence-electron chi connectivity index (χ2n) is 6.54. The lowest BCUT2D eigenvalue weighted by Crippen LogP contribution is -2.48. The highest BCUT2D eigenvalue weighted by Gasteiger charge is 2.25. The normalized spacial score (nSPS) is 30.1. The largest absolute Gasteiger partial charge is 0.341 e. The highest BCUT2D eigenvalue weighted by Crippen LogP contribution is 2.28. The van der Waals surface area contributed by atoms with Crippen molar-refractivity contribution >= 4 is 5.91 Å². The number of rotatable bonds is 4. The fourth-order valence-corrected chi connectivity index (χ4v) is 3.50. The van der Waals surface area contributed by atoms with Crippen LogP contribution in [-0.2, 0) is 4.79 Å². The van der Waals surface area contributed by atoms with Crippen molar-refractivity contribution in [2.75, 3.05) is 19.6 Å². The number of amides is 1. The Morgan fingerprint density at radius 2 is 1.84 bits per heavy atom. The van der Waals surface area contributed by atoms with Crippen LogP contribution in [0.5, 0.6) is 0 Å². The Morgan fingerprint density at radius 1 is 1.16 bits per heavy atom. The van der Waals surface area contributed by atoms with E-state index in [-0.39, 0.29) is 6.04 Å². The molecule has 1 amide bonds. The highest BCUT2D eigenvalue weighted by molar-refractivity contribution is 5.81. The van der Waals surface area contributed by atoms with Crippen LogP contribution in [0.3, 0.4) is 0 Å². The first-order valence-electron chi connectivity index (χ1n) is 8.20. The molecule has 0 aromatic rings. The van der Waals surface area contributed by atoms with Crippen LogP contribution < -0.4 is 5.32 Å². The van der Waals surface area contributed by atoms with E-state index in [1.54, 1.807) is 0 Å². The van der Waals surface area contributed by atoms with E-state index in [4.69, 9.17) is 0 Å². The predicted molar refractivity (Wildman–Crippen MR) is 79.0 cm³/mol. The van der Waals surface area contributed by atoms with Crippen LogP contribution in [0.25, 0.3) is 0 Å². The minimum atomic E-state index is -0.00720. The Bertz CT molecular complexity index is 286. The fraction of sp³-hybridized carbons (Fsp3) is 0.938. The van der Waals surface area contributed by atoms with E-state index in [0.717, 1.165) is 31.5 Å². The third-order valence-corrected chi connectivity index (χ3v) is 5.01.